The van der Waals surface area contributed by atoms with Crippen LogP contribution >= 0.6 is 0 Å². The Bertz CT molecular complexity index is 607. The van der Waals surface area contributed by atoms with Crippen LogP contribution in [0.15, 0.2) is 60.7 Å². The minimum atomic E-state index is -1.58. The van der Waals surface area contributed by atoms with E-state index in [0.29, 0.717) is 6.61 Å². The minimum Gasteiger partial charge on any atom is -0.374 e. The van der Waals surface area contributed by atoms with E-state index in [2.05, 4.69) is 0 Å². The molecule has 1 aliphatic heterocycles. The van der Waals surface area contributed by atoms with E-state index in [1.54, 1.807) is 0 Å². The maximum atomic E-state index is 14.1. The zero-order valence-corrected chi connectivity index (χ0v) is 13.3. The Kier molecular flexibility index (Phi) is 5.93. The molecule has 4 atom stereocenters. The number of alkyl halides is 1. The van der Waals surface area contributed by atoms with Crippen molar-refractivity contribution in [2.75, 3.05) is 6.61 Å². The Morgan fingerprint density at radius 2 is 1.50 bits per heavy atom. The van der Waals surface area contributed by atoms with Gasteiger partial charge in [0.2, 0.25) is 0 Å². The molecule has 0 aliphatic carbocycles. The lowest BCUT2D eigenvalue weighted by atomic mass is 10.1. The predicted octanol–water partition coefficient (Wildman–Crippen LogP) is 2.84. The number of hydrogen-bond acceptors (Lipinski definition) is 4. The third-order valence-corrected chi connectivity index (χ3v) is 3.95. The Hall–Kier alpha value is -1.79. The first-order valence-electron chi connectivity index (χ1n) is 7.99. The van der Waals surface area contributed by atoms with Crippen LogP contribution in [0.4, 0.5) is 4.39 Å². The fraction of sp³-hybridized carbons (Fsp3) is 0.368. The molecule has 128 valence electrons. The number of benzene rings is 2. The number of aliphatic hydroxyl groups is 1. The number of aliphatic hydroxyl groups excluding tert-OH is 1. The van der Waals surface area contributed by atoms with Crippen molar-refractivity contribution in [2.45, 2.75) is 37.9 Å². The lowest BCUT2D eigenvalue weighted by Gasteiger charge is -2.20. The van der Waals surface area contributed by atoms with Gasteiger partial charge < -0.3 is 19.3 Å². The van der Waals surface area contributed by atoms with Gasteiger partial charge in [-0.2, -0.15) is 0 Å². The van der Waals surface area contributed by atoms with Crippen molar-refractivity contribution in [2.24, 2.45) is 0 Å². The fourth-order valence-electron chi connectivity index (χ4n) is 2.67. The summed E-state index contributed by atoms with van der Waals surface area (Å²) in [6.45, 7) is 0.822. The summed E-state index contributed by atoms with van der Waals surface area (Å²) >= 11 is 0. The van der Waals surface area contributed by atoms with Gasteiger partial charge >= 0.3 is 0 Å². The maximum absolute atomic E-state index is 14.1. The molecule has 2 aromatic carbocycles. The monoisotopic (exact) mass is 332 g/mol. The molecule has 2 aromatic rings. The first kappa shape index (κ1) is 17.0. The summed E-state index contributed by atoms with van der Waals surface area (Å²) in [4.78, 5) is 0. The highest BCUT2D eigenvalue weighted by molar-refractivity contribution is 5.14. The molecule has 0 radical (unpaired) electrons. The summed E-state index contributed by atoms with van der Waals surface area (Å²) in [6.07, 6.45) is -4.55. The highest BCUT2D eigenvalue weighted by Crippen LogP contribution is 2.26. The van der Waals surface area contributed by atoms with E-state index in [9.17, 15) is 9.50 Å². The van der Waals surface area contributed by atoms with Crippen molar-refractivity contribution < 1.29 is 23.7 Å². The molecule has 1 saturated heterocycles. The average molecular weight is 332 g/mol. The highest BCUT2D eigenvalue weighted by atomic mass is 19.1. The van der Waals surface area contributed by atoms with Gasteiger partial charge in [0.25, 0.3) is 0 Å². The van der Waals surface area contributed by atoms with Crippen LogP contribution in [0, 0.1) is 0 Å². The summed E-state index contributed by atoms with van der Waals surface area (Å²) in [6, 6.07) is 19.2. The van der Waals surface area contributed by atoms with Crippen LogP contribution in [0.1, 0.15) is 11.1 Å². The Balaban J connectivity index is 1.52. The number of halogens is 1. The lowest BCUT2D eigenvalue weighted by Crippen LogP contribution is -2.34. The molecular weight excluding hydrogens is 311 g/mol. The van der Waals surface area contributed by atoms with Crippen LogP contribution in [0.2, 0.25) is 0 Å². The molecule has 1 N–H and O–H groups in total. The SMILES string of the molecule is OC1OC(COCc2ccccc2)[C@@H](OCc2ccccc2)[C@H]1F. The first-order valence-corrected chi connectivity index (χ1v) is 7.99. The summed E-state index contributed by atoms with van der Waals surface area (Å²) in [7, 11) is 0. The molecule has 1 fully saturated rings. The lowest BCUT2D eigenvalue weighted by molar-refractivity contribution is -0.129. The smallest absolute Gasteiger partial charge is 0.189 e. The zero-order chi connectivity index (χ0) is 16.8. The van der Waals surface area contributed by atoms with Gasteiger partial charge in [-0.25, -0.2) is 4.39 Å². The van der Waals surface area contributed by atoms with Crippen molar-refractivity contribution >= 4 is 0 Å². The van der Waals surface area contributed by atoms with E-state index < -0.39 is 24.7 Å². The van der Waals surface area contributed by atoms with Gasteiger partial charge in [0, 0.05) is 0 Å². The van der Waals surface area contributed by atoms with E-state index in [1.165, 1.54) is 0 Å². The summed E-state index contributed by atoms with van der Waals surface area (Å²) in [5.41, 5.74) is 1.96. The predicted molar refractivity (Wildman–Crippen MR) is 86.9 cm³/mol. The second kappa shape index (κ2) is 8.35. The number of hydrogen-bond donors (Lipinski definition) is 1. The van der Waals surface area contributed by atoms with E-state index in [1.807, 2.05) is 60.7 Å². The quantitative estimate of drug-likeness (QED) is 0.847. The molecule has 0 saturated carbocycles. The summed E-state index contributed by atoms with van der Waals surface area (Å²) in [5, 5.41) is 9.62. The maximum Gasteiger partial charge on any atom is 0.189 e. The number of rotatable bonds is 7. The van der Waals surface area contributed by atoms with Crippen LogP contribution in [-0.4, -0.2) is 36.4 Å². The van der Waals surface area contributed by atoms with Crippen LogP contribution in [-0.2, 0) is 27.4 Å². The normalized spacial score (nSPS) is 26.6. The average Bonchev–Trinajstić information content (AvgIpc) is 2.89. The van der Waals surface area contributed by atoms with Crippen LogP contribution in [0.25, 0.3) is 0 Å². The Morgan fingerprint density at radius 3 is 2.12 bits per heavy atom. The Morgan fingerprint density at radius 1 is 0.917 bits per heavy atom. The number of ether oxygens (including phenoxy) is 3. The molecule has 4 nitrogen and oxygen atoms in total. The van der Waals surface area contributed by atoms with E-state index in [0.717, 1.165) is 11.1 Å². The third kappa shape index (κ3) is 4.39. The molecule has 2 unspecified atom stereocenters. The van der Waals surface area contributed by atoms with Crippen molar-refractivity contribution in [1.29, 1.82) is 0 Å². The second-order valence-corrected chi connectivity index (χ2v) is 5.77. The van der Waals surface area contributed by atoms with Crippen LogP contribution in [0.3, 0.4) is 0 Å². The second-order valence-electron chi connectivity index (χ2n) is 5.77. The van der Waals surface area contributed by atoms with Crippen LogP contribution < -0.4 is 0 Å². The molecule has 5 heteroatoms. The van der Waals surface area contributed by atoms with Gasteiger partial charge in [0.1, 0.15) is 12.2 Å². The van der Waals surface area contributed by atoms with Crippen molar-refractivity contribution in [3.05, 3.63) is 71.8 Å². The third-order valence-electron chi connectivity index (χ3n) is 3.95. The molecule has 0 bridgehead atoms. The standard InChI is InChI=1S/C19H21FO4/c20-17-18(23-12-15-9-5-2-6-10-15)16(24-19(17)21)13-22-11-14-7-3-1-4-8-14/h1-10,16-19,21H,11-13H2/t16?,17-,18-,19?/m1/s1. The van der Waals surface area contributed by atoms with Gasteiger partial charge in [0.05, 0.1) is 19.8 Å². The minimum absolute atomic E-state index is 0.159. The van der Waals surface area contributed by atoms with Crippen molar-refractivity contribution in [1.82, 2.24) is 0 Å². The molecule has 3 rings (SSSR count). The van der Waals surface area contributed by atoms with Crippen molar-refractivity contribution in [3.8, 4) is 0 Å². The molecule has 1 heterocycles. The fourth-order valence-corrected chi connectivity index (χ4v) is 2.67. The molecule has 0 aromatic heterocycles. The topological polar surface area (TPSA) is 47.9 Å². The van der Waals surface area contributed by atoms with Gasteiger partial charge in [-0.1, -0.05) is 60.7 Å². The summed E-state index contributed by atoms with van der Waals surface area (Å²) < 4.78 is 30.6. The van der Waals surface area contributed by atoms with Gasteiger partial charge in [0.15, 0.2) is 12.5 Å². The molecule has 24 heavy (non-hydrogen) atoms. The van der Waals surface area contributed by atoms with Gasteiger partial charge in [-0.05, 0) is 11.1 Å². The van der Waals surface area contributed by atoms with Gasteiger partial charge in [-0.15, -0.1) is 0 Å². The summed E-state index contributed by atoms with van der Waals surface area (Å²) in [5.74, 6) is 0. The molecular formula is C19H21FO4. The van der Waals surface area contributed by atoms with E-state index in [-0.39, 0.29) is 13.2 Å². The van der Waals surface area contributed by atoms with E-state index >= 15 is 0 Å². The van der Waals surface area contributed by atoms with Crippen LogP contribution in [0.5, 0.6) is 0 Å². The molecule has 1 aliphatic rings. The van der Waals surface area contributed by atoms with E-state index in [4.69, 9.17) is 14.2 Å². The largest absolute Gasteiger partial charge is 0.374 e. The molecule has 0 spiro atoms. The van der Waals surface area contributed by atoms with Crippen molar-refractivity contribution in [3.63, 3.8) is 0 Å². The Labute approximate surface area is 140 Å². The molecule has 0 amide bonds. The van der Waals surface area contributed by atoms with Gasteiger partial charge in [-0.3, -0.25) is 0 Å². The zero-order valence-electron chi connectivity index (χ0n) is 13.3. The highest BCUT2D eigenvalue weighted by Gasteiger charge is 2.45. The first-order chi connectivity index (χ1) is 11.7.